The third-order valence-corrected chi connectivity index (χ3v) is 3.71. The Bertz CT molecular complexity index is 722. The molecule has 0 saturated heterocycles. The topological polar surface area (TPSA) is 77.2 Å². The van der Waals surface area contributed by atoms with E-state index >= 15 is 0 Å². The largest absolute Gasteiger partial charge is 0.294 e. The number of Topliss-reactive ketones (excluding diaryl/α,β-unsaturated/α-hetero) is 1. The lowest BCUT2D eigenvalue weighted by Crippen LogP contribution is -2.12. The summed E-state index contributed by atoms with van der Waals surface area (Å²) < 4.78 is 34.9. The van der Waals surface area contributed by atoms with E-state index in [4.69, 9.17) is 5.14 Å². The minimum atomic E-state index is -3.73. The van der Waals surface area contributed by atoms with Crippen molar-refractivity contribution in [2.75, 3.05) is 0 Å². The number of primary sulfonamides is 1. The summed E-state index contributed by atoms with van der Waals surface area (Å²) in [5, 5.41) is 4.98. The highest BCUT2D eigenvalue weighted by Gasteiger charge is 2.10. The third kappa shape index (κ3) is 3.49. The van der Waals surface area contributed by atoms with Gasteiger partial charge < -0.3 is 0 Å². The molecule has 0 fully saturated rings. The second-order valence-electron chi connectivity index (χ2n) is 4.30. The van der Waals surface area contributed by atoms with Gasteiger partial charge in [0.25, 0.3) is 0 Å². The summed E-state index contributed by atoms with van der Waals surface area (Å²) in [6.45, 7) is 0. The SMILES string of the molecule is NS(=O)(=O)c1ccc(CC(=O)c2ccc(F)cc2)cc1. The molecule has 0 aliphatic rings. The van der Waals surface area contributed by atoms with E-state index < -0.39 is 15.8 Å². The van der Waals surface area contributed by atoms with Gasteiger partial charge in [-0.25, -0.2) is 17.9 Å². The van der Waals surface area contributed by atoms with Crippen LogP contribution in [0.1, 0.15) is 15.9 Å². The number of benzene rings is 2. The summed E-state index contributed by atoms with van der Waals surface area (Å²) in [7, 11) is -3.73. The molecule has 0 amide bonds. The van der Waals surface area contributed by atoms with Gasteiger partial charge in [-0.15, -0.1) is 0 Å². The average Bonchev–Trinajstić information content (AvgIpc) is 2.39. The van der Waals surface area contributed by atoms with Crippen molar-refractivity contribution in [1.29, 1.82) is 0 Å². The monoisotopic (exact) mass is 293 g/mol. The molecule has 4 nitrogen and oxygen atoms in total. The molecule has 104 valence electrons. The zero-order chi connectivity index (χ0) is 14.8. The quantitative estimate of drug-likeness (QED) is 0.875. The van der Waals surface area contributed by atoms with Gasteiger partial charge >= 0.3 is 0 Å². The van der Waals surface area contributed by atoms with Gasteiger partial charge in [-0.05, 0) is 42.0 Å². The molecule has 0 aromatic heterocycles. The number of rotatable bonds is 4. The molecule has 2 N–H and O–H groups in total. The van der Waals surface area contributed by atoms with Crippen LogP contribution < -0.4 is 5.14 Å². The Morgan fingerprint density at radius 2 is 1.55 bits per heavy atom. The van der Waals surface area contributed by atoms with Crippen molar-refractivity contribution in [3.05, 3.63) is 65.5 Å². The van der Waals surface area contributed by atoms with Gasteiger partial charge in [0.05, 0.1) is 4.90 Å². The smallest absolute Gasteiger partial charge is 0.238 e. The number of sulfonamides is 1. The fourth-order valence-corrected chi connectivity index (χ4v) is 2.24. The van der Waals surface area contributed by atoms with Gasteiger partial charge in [-0.2, -0.15) is 0 Å². The molecular formula is C14H12FNO3S. The molecule has 0 atom stereocenters. The van der Waals surface area contributed by atoms with Crippen LogP contribution in [-0.2, 0) is 16.4 Å². The van der Waals surface area contributed by atoms with E-state index in [9.17, 15) is 17.6 Å². The molecule has 0 saturated carbocycles. The molecular weight excluding hydrogens is 281 g/mol. The van der Waals surface area contributed by atoms with E-state index in [1.165, 1.54) is 48.5 Å². The summed E-state index contributed by atoms with van der Waals surface area (Å²) in [4.78, 5) is 11.9. The van der Waals surface area contributed by atoms with Crippen molar-refractivity contribution >= 4 is 15.8 Å². The number of hydrogen-bond acceptors (Lipinski definition) is 3. The molecule has 0 spiro atoms. The van der Waals surface area contributed by atoms with Crippen LogP contribution >= 0.6 is 0 Å². The van der Waals surface area contributed by atoms with Crippen molar-refractivity contribution in [2.24, 2.45) is 5.14 Å². The van der Waals surface area contributed by atoms with Gasteiger partial charge in [0.2, 0.25) is 10.0 Å². The van der Waals surface area contributed by atoms with Gasteiger partial charge in [0.15, 0.2) is 5.78 Å². The first kappa shape index (κ1) is 14.4. The molecule has 0 unspecified atom stereocenters. The Morgan fingerprint density at radius 3 is 2.05 bits per heavy atom. The number of ketones is 1. The van der Waals surface area contributed by atoms with Crippen LogP contribution in [0.5, 0.6) is 0 Å². The first-order valence-corrected chi connectivity index (χ1v) is 7.31. The third-order valence-electron chi connectivity index (χ3n) is 2.78. The van der Waals surface area contributed by atoms with E-state index in [0.717, 1.165) is 0 Å². The Kier molecular flexibility index (Phi) is 3.96. The molecule has 0 bridgehead atoms. The lowest BCUT2D eigenvalue weighted by Gasteiger charge is -2.03. The number of hydrogen-bond donors (Lipinski definition) is 1. The standard InChI is InChI=1S/C14H12FNO3S/c15-12-5-3-11(4-6-12)14(17)9-10-1-7-13(8-2-10)20(16,18)19/h1-8H,9H2,(H2,16,18,19). The second kappa shape index (κ2) is 5.52. The Morgan fingerprint density at radius 1 is 1.00 bits per heavy atom. The van der Waals surface area contributed by atoms with Crippen LogP contribution in [0.15, 0.2) is 53.4 Å². The second-order valence-corrected chi connectivity index (χ2v) is 5.86. The zero-order valence-electron chi connectivity index (χ0n) is 10.4. The number of halogens is 1. The lowest BCUT2D eigenvalue weighted by molar-refractivity contribution is 0.0993. The van der Waals surface area contributed by atoms with E-state index in [1.807, 2.05) is 0 Å². The molecule has 20 heavy (non-hydrogen) atoms. The van der Waals surface area contributed by atoms with Gasteiger partial charge in [-0.3, -0.25) is 4.79 Å². The summed E-state index contributed by atoms with van der Waals surface area (Å²) in [6.07, 6.45) is 0.108. The Hall–Kier alpha value is -2.05. The number of nitrogens with two attached hydrogens (primary N) is 1. The van der Waals surface area contributed by atoms with Crippen molar-refractivity contribution in [3.63, 3.8) is 0 Å². The van der Waals surface area contributed by atoms with Crippen LogP contribution in [0.4, 0.5) is 4.39 Å². The van der Waals surface area contributed by atoms with Crippen LogP contribution in [0.3, 0.4) is 0 Å². The summed E-state index contributed by atoms with van der Waals surface area (Å²) in [6, 6.07) is 11.0. The minimum Gasteiger partial charge on any atom is -0.294 e. The fraction of sp³-hybridized carbons (Fsp3) is 0.0714. The normalized spacial score (nSPS) is 11.3. The molecule has 6 heteroatoms. The molecule has 2 aromatic rings. The first-order chi connectivity index (χ1) is 9.36. The van der Waals surface area contributed by atoms with Crippen LogP contribution in [0, 0.1) is 5.82 Å². The van der Waals surface area contributed by atoms with Crippen LogP contribution in [-0.4, -0.2) is 14.2 Å². The lowest BCUT2D eigenvalue weighted by atomic mass is 10.0. The molecule has 0 aliphatic heterocycles. The van der Waals surface area contributed by atoms with Crippen molar-refractivity contribution in [2.45, 2.75) is 11.3 Å². The predicted molar refractivity (Wildman–Crippen MR) is 72.2 cm³/mol. The number of carbonyl (C=O) groups is 1. The van der Waals surface area contributed by atoms with Gasteiger partial charge in [0.1, 0.15) is 5.82 Å². The Balaban J connectivity index is 2.14. The highest BCUT2D eigenvalue weighted by Crippen LogP contribution is 2.12. The molecule has 2 aromatic carbocycles. The van der Waals surface area contributed by atoms with E-state index in [0.29, 0.717) is 11.1 Å². The van der Waals surface area contributed by atoms with Crippen LogP contribution in [0.25, 0.3) is 0 Å². The zero-order valence-corrected chi connectivity index (χ0v) is 11.2. The maximum absolute atomic E-state index is 12.8. The van der Waals surface area contributed by atoms with Gasteiger partial charge in [-0.1, -0.05) is 12.1 Å². The Labute approximate surface area is 116 Å². The van der Waals surface area contributed by atoms with E-state index in [2.05, 4.69) is 0 Å². The molecule has 0 radical (unpaired) electrons. The molecule has 0 aliphatic carbocycles. The highest BCUT2D eigenvalue weighted by atomic mass is 32.2. The summed E-state index contributed by atoms with van der Waals surface area (Å²) in [5.41, 5.74) is 1.06. The maximum atomic E-state index is 12.8. The molecule has 0 heterocycles. The fourth-order valence-electron chi connectivity index (χ4n) is 1.72. The first-order valence-electron chi connectivity index (χ1n) is 5.77. The van der Waals surface area contributed by atoms with E-state index in [-0.39, 0.29) is 17.1 Å². The highest BCUT2D eigenvalue weighted by molar-refractivity contribution is 7.89. The van der Waals surface area contributed by atoms with Crippen molar-refractivity contribution < 1.29 is 17.6 Å². The average molecular weight is 293 g/mol. The van der Waals surface area contributed by atoms with Crippen molar-refractivity contribution in [3.8, 4) is 0 Å². The molecule has 2 rings (SSSR count). The summed E-state index contributed by atoms with van der Waals surface area (Å²) in [5.74, 6) is -0.576. The maximum Gasteiger partial charge on any atom is 0.238 e. The van der Waals surface area contributed by atoms with Gasteiger partial charge in [0, 0.05) is 12.0 Å². The summed E-state index contributed by atoms with van der Waals surface area (Å²) >= 11 is 0. The van der Waals surface area contributed by atoms with E-state index in [1.54, 1.807) is 0 Å². The minimum absolute atomic E-state index is 0.00418. The number of carbonyl (C=O) groups excluding carboxylic acids is 1. The van der Waals surface area contributed by atoms with Crippen LogP contribution in [0.2, 0.25) is 0 Å². The van der Waals surface area contributed by atoms with Crippen molar-refractivity contribution in [1.82, 2.24) is 0 Å². The predicted octanol–water partition coefficient (Wildman–Crippen LogP) is 1.90.